The molecule has 0 radical (unpaired) electrons. The van der Waals surface area contributed by atoms with Crippen LogP contribution in [0, 0.1) is 6.92 Å². The number of benzene rings is 2. The number of ether oxygens (including phenoxy) is 2. The number of rotatable bonds is 6. The number of methoxy groups -OCH3 is 2. The topological polar surface area (TPSA) is 67.9 Å². The lowest BCUT2D eigenvalue weighted by atomic mass is 10.1. The smallest absolute Gasteiger partial charge is 0.282 e. The Morgan fingerprint density at radius 3 is 2.37 bits per heavy atom. The number of para-hydroxylation sites is 2. The fourth-order valence-electron chi connectivity index (χ4n) is 3.37. The van der Waals surface area contributed by atoms with Crippen LogP contribution < -0.4 is 19.7 Å². The van der Waals surface area contributed by atoms with E-state index in [9.17, 15) is 9.59 Å². The molecule has 2 amide bonds. The highest BCUT2D eigenvalue weighted by molar-refractivity contribution is 7.11. The Kier molecular flexibility index (Phi) is 5.29. The van der Waals surface area contributed by atoms with Crippen LogP contribution in [0.15, 0.2) is 65.7 Å². The third kappa shape index (κ3) is 3.33. The van der Waals surface area contributed by atoms with E-state index < -0.39 is 11.8 Å². The van der Waals surface area contributed by atoms with Crippen LogP contribution in [0.3, 0.4) is 0 Å². The molecule has 1 aliphatic heterocycles. The van der Waals surface area contributed by atoms with Crippen LogP contribution >= 0.6 is 11.3 Å². The van der Waals surface area contributed by atoms with Crippen molar-refractivity contribution in [2.75, 3.05) is 24.4 Å². The Labute approximate surface area is 178 Å². The van der Waals surface area contributed by atoms with Gasteiger partial charge in [0, 0.05) is 4.88 Å². The minimum atomic E-state index is -0.446. The first-order valence-corrected chi connectivity index (χ1v) is 10.1. The Balaban J connectivity index is 1.85. The van der Waals surface area contributed by atoms with Crippen LogP contribution in [0.25, 0.3) is 5.57 Å². The molecule has 0 bridgehead atoms. The van der Waals surface area contributed by atoms with E-state index in [-0.39, 0.29) is 5.70 Å². The van der Waals surface area contributed by atoms with Gasteiger partial charge in [0.05, 0.1) is 31.2 Å². The summed E-state index contributed by atoms with van der Waals surface area (Å²) in [7, 11) is 3.07. The van der Waals surface area contributed by atoms with Gasteiger partial charge in [-0.15, -0.1) is 11.3 Å². The van der Waals surface area contributed by atoms with E-state index in [1.807, 2.05) is 42.6 Å². The molecule has 0 aliphatic carbocycles. The van der Waals surface area contributed by atoms with Crippen LogP contribution in [0.1, 0.15) is 10.4 Å². The summed E-state index contributed by atoms with van der Waals surface area (Å²) in [4.78, 5) is 28.8. The molecule has 3 aromatic rings. The maximum Gasteiger partial charge on any atom is 0.282 e. The highest BCUT2D eigenvalue weighted by Crippen LogP contribution is 2.40. The van der Waals surface area contributed by atoms with Gasteiger partial charge in [-0.2, -0.15) is 0 Å². The second-order valence-electron chi connectivity index (χ2n) is 6.67. The van der Waals surface area contributed by atoms with Crippen molar-refractivity contribution >= 4 is 40.1 Å². The van der Waals surface area contributed by atoms with Crippen LogP contribution in [0.2, 0.25) is 0 Å². The molecule has 152 valence electrons. The van der Waals surface area contributed by atoms with Crippen molar-refractivity contribution in [3.63, 3.8) is 0 Å². The van der Waals surface area contributed by atoms with Gasteiger partial charge in [0.25, 0.3) is 11.8 Å². The van der Waals surface area contributed by atoms with Crippen LogP contribution in [0.4, 0.5) is 11.4 Å². The second kappa shape index (κ2) is 8.04. The number of anilines is 2. The fourth-order valence-corrected chi connectivity index (χ4v) is 4.14. The molecule has 2 aromatic carbocycles. The third-order valence-corrected chi connectivity index (χ3v) is 5.68. The summed E-state index contributed by atoms with van der Waals surface area (Å²) < 4.78 is 10.8. The standard InChI is InChI=1S/C23H20N2O4S/c1-14-10-11-18(29-3)16(13-14)25-22(26)20(19-9-6-12-30-19)21(23(25)27)24-15-7-4-5-8-17(15)28-2/h4-13,24H,1-3H3. The Morgan fingerprint density at radius 2 is 1.67 bits per heavy atom. The van der Waals surface area contributed by atoms with Crippen molar-refractivity contribution in [3.05, 3.63) is 76.1 Å². The van der Waals surface area contributed by atoms with Crippen LogP contribution in [-0.4, -0.2) is 26.0 Å². The van der Waals surface area contributed by atoms with Gasteiger partial charge in [0.15, 0.2) is 0 Å². The highest BCUT2D eigenvalue weighted by Gasteiger charge is 2.42. The Bertz CT molecular complexity index is 1150. The number of imide groups is 1. The molecular formula is C23H20N2O4S. The predicted octanol–water partition coefficient (Wildman–Crippen LogP) is 4.47. The van der Waals surface area contributed by atoms with E-state index in [4.69, 9.17) is 9.47 Å². The van der Waals surface area contributed by atoms with Gasteiger partial charge in [-0.1, -0.05) is 24.3 Å². The molecule has 1 aromatic heterocycles. The summed E-state index contributed by atoms with van der Waals surface area (Å²) in [5.41, 5.74) is 2.46. The molecule has 0 spiro atoms. The van der Waals surface area contributed by atoms with Crippen molar-refractivity contribution in [1.82, 2.24) is 0 Å². The number of carbonyl (C=O) groups excluding carboxylic acids is 2. The molecule has 1 N–H and O–H groups in total. The van der Waals surface area contributed by atoms with E-state index in [0.717, 1.165) is 5.56 Å². The summed E-state index contributed by atoms with van der Waals surface area (Å²) >= 11 is 1.40. The lowest BCUT2D eigenvalue weighted by Crippen LogP contribution is -2.32. The minimum absolute atomic E-state index is 0.204. The quantitative estimate of drug-likeness (QED) is 0.596. The van der Waals surface area contributed by atoms with Gasteiger partial charge in [-0.05, 0) is 48.2 Å². The molecule has 0 saturated carbocycles. The molecule has 6 nitrogen and oxygen atoms in total. The first-order valence-electron chi connectivity index (χ1n) is 9.26. The lowest BCUT2D eigenvalue weighted by molar-refractivity contribution is -0.120. The normalized spacial score (nSPS) is 13.8. The van der Waals surface area contributed by atoms with Crippen molar-refractivity contribution < 1.29 is 19.1 Å². The SMILES string of the molecule is COc1ccccc1NC1=C(c2cccs2)C(=O)N(c2cc(C)ccc2OC)C1=O. The molecule has 0 atom stereocenters. The van der Waals surface area contributed by atoms with Crippen LogP contribution in [-0.2, 0) is 9.59 Å². The van der Waals surface area contributed by atoms with Crippen molar-refractivity contribution in [3.8, 4) is 11.5 Å². The molecule has 2 heterocycles. The molecule has 4 rings (SSSR count). The second-order valence-corrected chi connectivity index (χ2v) is 7.62. The Morgan fingerprint density at radius 1 is 0.900 bits per heavy atom. The average Bonchev–Trinajstić information content (AvgIpc) is 3.35. The molecule has 0 saturated heterocycles. The summed E-state index contributed by atoms with van der Waals surface area (Å²) in [6, 6.07) is 16.3. The van der Waals surface area contributed by atoms with E-state index in [1.165, 1.54) is 23.3 Å². The van der Waals surface area contributed by atoms with Crippen molar-refractivity contribution in [1.29, 1.82) is 0 Å². The zero-order chi connectivity index (χ0) is 21.3. The van der Waals surface area contributed by atoms with Gasteiger partial charge in [-0.25, -0.2) is 4.90 Å². The zero-order valence-corrected chi connectivity index (χ0v) is 17.6. The van der Waals surface area contributed by atoms with Gasteiger partial charge in [-0.3, -0.25) is 9.59 Å². The third-order valence-electron chi connectivity index (χ3n) is 4.79. The molecule has 1 aliphatic rings. The summed E-state index contributed by atoms with van der Waals surface area (Å²) in [5.74, 6) is 0.177. The summed E-state index contributed by atoms with van der Waals surface area (Å²) in [6.45, 7) is 1.90. The fraction of sp³-hybridized carbons (Fsp3) is 0.130. The van der Waals surface area contributed by atoms with Gasteiger partial charge in [0.2, 0.25) is 0 Å². The van der Waals surface area contributed by atoms with Gasteiger partial charge < -0.3 is 14.8 Å². The number of hydrogen-bond acceptors (Lipinski definition) is 6. The largest absolute Gasteiger partial charge is 0.495 e. The number of aryl methyl sites for hydroxylation is 1. The van der Waals surface area contributed by atoms with Crippen LogP contribution in [0.5, 0.6) is 11.5 Å². The van der Waals surface area contributed by atoms with Gasteiger partial charge >= 0.3 is 0 Å². The predicted molar refractivity (Wildman–Crippen MR) is 118 cm³/mol. The van der Waals surface area contributed by atoms with E-state index in [1.54, 1.807) is 31.4 Å². The van der Waals surface area contributed by atoms with E-state index >= 15 is 0 Å². The summed E-state index contributed by atoms with van der Waals surface area (Å²) in [5, 5.41) is 5.01. The maximum absolute atomic E-state index is 13.5. The van der Waals surface area contributed by atoms with E-state index in [0.29, 0.717) is 33.3 Å². The number of nitrogens with zero attached hydrogens (tertiary/aromatic N) is 1. The summed E-state index contributed by atoms with van der Waals surface area (Å²) in [6.07, 6.45) is 0. The minimum Gasteiger partial charge on any atom is -0.495 e. The molecule has 30 heavy (non-hydrogen) atoms. The molecular weight excluding hydrogens is 400 g/mol. The first kappa shape index (κ1) is 19.7. The van der Waals surface area contributed by atoms with Gasteiger partial charge in [0.1, 0.15) is 17.2 Å². The Hall–Kier alpha value is -3.58. The monoisotopic (exact) mass is 420 g/mol. The lowest BCUT2D eigenvalue weighted by Gasteiger charge is -2.19. The highest BCUT2D eigenvalue weighted by atomic mass is 32.1. The number of nitrogens with one attached hydrogen (secondary N) is 1. The number of amides is 2. The number of thiophene rings is 1. The average molecular weight is 420 g/mol. The maximum atomic E-state index is 13.5. The molecule has 0 unspecified atom stereocenters. The van der Waals surface area contributed by atoms with Crippen molar-refractivity contribution in [2.45, 2.75) is 6.92 Å². The molecule has 0 fully saturated rings. The number of carbonyl (C=O) groups is 2. The first-order chi connectivity index (χ1) is 14.5. The van der Waals surface area contributed by atoms with Crippen molar-refractivity contribution in [2.24, 2.45) is 0 Å². The molecule has 7 heteroatoms. The number of hydrogen-bond donors (Lipinski definition) is 1. The zero-order valence-electron chi connectivity index (χ0n) is 16.8. The van der Waals surface area contributed by atoms with E-state index in [2.05, 4.69) is 5.32 Å².